The van der Waals surface area contributed by atoms with Crippen LogP contribution >= 0.6 is 0 Å². The predicted octanol–water partition coefficient (Wildman–Crippen LogP) is 3.76. The fourth-order valence-electron chi connectivity index (χ4n) is 3.13. The second-order valence-electron chi connectivity index (χ2n) is 7.21. The van der Waals surface area contributed by atoms with Gasteiger partial charge in [-0.05, 0) is 42.3 Å². The van der Waals surface area contributed by atoms with Crippen molar-refractivity contribution in [3.05, 3.63) is 89.0 Å². The third-order valence-corrected chi connectivity index (χ3v) is 5.00. The number of rotatable bonds is 9. The van der Waals surface area contributed by atoms with Gasteiger partial charge in [0.2, 0.25) is 0 Å². The molecule has 0 aliphatic rings. The zero-order chi connectivity index (χ0) is 22.2. The number of carbonyl (C=O) groups excluding carboxylic acids is 1. The Bertz CT molecular complexity index is 1000. The van der Waals surface area contributed by atoms with Crippen molar-refractivity contribution in [2.24, 2.45) is 5.73 Å². The topological polar surface area (TPSA) is 82.8 Å². The van der Waals surface area contributed by atoms with Crippen molar-refractivity contribution in [3.63, 3.8) is 0 Å². The van der Waals surface area contributed by atoms with E-state index in [1.807, 2.05) is 61.5 Å². The first-order valence-electron chi connectivity index (χ1n) is 10.0. The van der Waals surface area contributed by atoms with Gasteiger partial charge in [0.25, 0.3) is 5.91 Å². The molecule has 0 saturated heterocycles. The molecule has 0 fully saturated rings. The molecule has 3 N–H and O–H groups in total. The molecule has 6 heteroatoms. The summed E-state index contributed by atoms with van der Waals surface area (Å²) in [6, 6.07) is 20.6. The third kappa shape index (κ3) is 5.99. The first kappa shape index (κ1) is 22.2. The van der Waals surface area contributed by atoms with Gasteiger partial charge in [-0.15, -0.1) is 0 Å². The molecule has 0 bridgehead atoms. The summed E-state index contributed by atoms with van der Waals surface area (Å²) in [5, 5.41) is 2.85. The number of methoxy groups -OCH3 is 2. The number of nitrogens with one attached hydrogen (secondary N) is 1. The third-order valence-electron chi connectivity index (χ3n) is 5.00. The Balaban J connectivity index is 1.55. The first-order chi connectivity index (χ1) is 15.0. The van der Waals surface area contributed by atoms with E-state index in [0.717, 1.165) is 16.7 Å². The quantitative estimate of drug-likeness (QED) is 0.551. The van der Waals surface area contributed by atoms with E-state index >= 15 is 0 Å². The Morgan fingerprint density at radius 3 is 2.26 bits per heavy atom. The number of ether oxygens (including phenoxy) is 3. The molecule has 0 spiro atoms. The second kappa shape index (κ2) is 10.5. The summed E-state index contributed by atoms with van der Waals surface area (Å²) in [5.74, 6) is 1.79. The average Bonchev–Trinajstić information content (AvgIpc) is 2.81. The summed E-state index contributed by atoms with van der Waals surface area (Å²) < 4.78 is 16.3. The van der Waals surface area contributed by atoms with Crippen LogP contribution in [0.1, 0.15) is 28.3 Å². The van der Waals surface area contributed by atoms with Crippen molar-refractivity contribution < 1.29 is 19.0 Å². The molecule has 0 aliphatic heterocycles. The molecule has 31 heavy (non-hydrogen) atoms. The number of hydrogen-bond acceptors (Lipinski definition) is 5. The highest BCUT2D eigenvalue weighted by atomic mass is 16.5. The molecule has 6 nitrogen and oxygen atoms in total. The molecule has 3 aromatic rings. The van der Waals surface area contributed by atoms with Crippen molar-refractivity contribution in [2.45, 2.75) is 19.5 Å². The van der Waals surface area contributed by atoms with Crippen LogP contribution in [0.5, 0.6) is 17.2 Å². The summed E-state index contributed by atoms with van der Waals surface area (Å²) in [5.41, 5.74) is 10.4. The number of nitrogens with two attached hydrogens (primary N) is 1. The monoisotopic (exact) mass is 420 g/mol. The van der Waals surface area contributed by atoms with E-state index in [9.17, 15) is 4.79 Å². The Morgan fingerprint density at radius 1 is 0.935 bits per heavy atom. The summed E-state index contributed by atoms with van der Waals surface area (Å²) >= 11 is 0. The summed E-state index contributed by atoms with van der Waals surface area (Å²) in [6.07, 6.45) is 0. The van der Waals surface area contributed by atoms with Gasteiger partial charge in [-0.3, -0.25) is 4.79 Å². The lowest BCUT2D eigenvalue weighted by Gasteiger charge is -2.17. The van der Waals surface area contributed by atoms with E-state index in [1.54, 1.807) is 26.4 Å². The zero-order valence-corrected chi connectivity index (χ0v) is 18.1. The predicted molar refractivity (Wildman–Crippen MR) is 121 cm³/mol. The van der Waals surface area contributed by atoms with Crippen LogP contribution in [0.25, 0.3) is 0 Å². The van der Waals surface area contributed by atoms with Gasteiger partial charge in [0.05, 0.1) is 20.3 Å². The van der Waals surface area contributed by atoms with Gasteiger partial charge < -0.3 is 25.3 Å². The minimum atomic E-state index is -0.368. The summed E-state index contributed by atoms with van der Waals surface area (Å²) in [7, 11) is 3.21. The summed E-state index contributed by atoms with van der Waals surface area (Å²) in [6.45, 7) is 2.45. The molecular weight excluding hydrogens is 392 g/mol. The van der Waals surface area contributed by atoms with Crippen LogP contribution in [0.15, 0.2) is 66.7 Å². The van der Waals surface area contributed by atoms with Crippen LogP contribution in [-0.4, -0.2) is 26.7 Å². The SMILES string of the molecule is COc1ccc(C(N)c2ccc(OCC(=O)NCc3ccc(C)cc3)cc2)c(OC)c1. The van der Waals surface area contributed by atoms with Gasteiger partial charge in [0.1, 0.15) is 17.2 Å². The smallest absolute Gasteiger partial charge is 0.258 e. The van der Waals surface area contributed by atoms with Crippen LogP contribution in [0, 0.1) is 6.92 Å². The number of aryl methyl sites for hydroxylation is 1. The molecule has 0 saturated carbocycles. The van der Waals surface area contributed by atoms with Gasteiger partial charge in [-0.2, -0.15) is 0 Å². The lowest BCUT2D eigenvalue weighted by atomic mass is 9.98. The Morgan fingerprint density at radius 2 is 1.61 bits per heavy atom. The van der Waals surface area contributed by atoms with Gasteiger partial charge >= 0.3 is 0 Å². The van der Waals surface area contributed by atoms with Gasteiger partial charge in [-0.25, -0.2) is 0 Å². The molecular formula is C25H28N2O4. The second-order valence-corrected chi connectivity index (χ2v) is 7.21. The van der Waals surface area contributed by atoms with Gasteiger partial charge in [0.15, 0.2) is 6.61 Å². The van der Waals surface area contributed by atoms with Crippen molar-refractivity contribution in [1.82, 2.24) is 5.32 Å². The number of carbonyl (C=O) groups is 1. The van der Waals surface area contributed by atoms with Crippen molar-refractivity contribution in [1.29, 1.82) is 0 Å². The van der Waals surface area contributed by atoms with E-state index in [4.69, 9.17) is 19.9 Å². The maximum atomic E-state index is 12.1. The van der Waals surface area contributed by atoms with Crippen LogP contribution in [-0.2, 0) is 11.3 Å². The van der Waals surface area contributed by atoms with Gasteiger partial charge in [-0.1, -0.05) is 42.0 Å². The van der Waals surface area contributed by atoms with E-state index in [0.29, 0.717) is 23.8 Å². The molecule has 1 atom stereocenters. The molecule has 3 aromatic carbocycles. The molecule has 1 unspecified atom stereocenters. The van der Waals surface area contributed by atoms with Crippen LogP contribution < -0.4 is 25.3 Å². The molecule has 3 rings (SSSR count). The Hall–Kier alpha value is -3.51. The van der Waals surface area contributed by atoms with Gasteiger partial charge in [0, 0.05) is 18.2 Å². The van der Waals surface area contributed by atoms with Crippen LogP contribution in [0.2, 0.25) is 0 Å². The van der Waals surface area contributed by atoms with E-state index in [2.05, 4.69) is 5.32 Å². The lowest BCUT2D eigenvalue weighted by molar-refractivity contribution is -0.123. The van der Waals surface area contributed by atoms with E-state index in [1.165, 1.54) is 5.56 Å². The van der Waals surface area contributed by atoms with Crippen LogP contribution in [0.3, 0.4) is 0 Å². The minimum absolute atomic E-state index is 0.0520. The standard InChI is InChI=1S/C25H28N2O4/c1-17-4-6-18(7-5-17)15-27-24(28)16-31-20-10-8-19(9-11-20)25(26)22-13-12-21(29-2)14-23(22)30-3/h4-14,25H,15-16,26H2,1-3H3,(H,27,28). The molecule has 0 heterocycles. The molecule has 0 aromatic heterocycles. The molecule has 1 amide bonds. The Labute approximate surface area is 182 Å². The number of benzene rings is 3. The van der Waals surface area contributed by atoms with E-state index < -0.39 is 0 Å². The highest BCUT2D eigenvalue weighted by Crippen LogP contribution is 2.32. The molecule has 0 aliphatic carbocycles. The number of amides is 1. The number of hydrogen-bond donors (Lipinski definition) is 2. The molecule has 162 valence electrons. The van der Waals surface area contributed by atoms with Crippen LogP contribution in [0.4, 0.5) is 0 Å². The maximum Gasteiger partial charge on any atom is 0.258 e. The Kier molecular flexibility index (Phi) is 7.51. The normalized spacial score (nSPS) is 11.5. The van der Waals surface area contributed by atoms with Crippen molar-refractivity contribution >= 4 is 5.91 Å². The largest absolute Gasteiger partial charge is 0.497 e. The highest BCUT2D eigenvalue weighted by Gasteiger charge is 2.15. The average molecular weight is 421 g/mol. The van der Waals surface area contributed by atoms with E-state index in [-0.39, 0.29) is 18.6 Å². The lowest BCUT2D eigenvalue weighted by Crippen LogP contribution is -2.28. The fourth-order valence-corrected chi connectivity index (χ4v) is 3.13. The first-order valence-corrected chi connectivity index (χ1v) is 10.0. The minimum Gasteiger partial charge on any atom is -0.497 e. The highest BCUT2D eigenvalue weighted by molar-refractivity contribution is 5.77. The maximum absolute atomic E-state index is 12.1. The molecule has 0 radical (unpaired) electrons. The zero-order valence-electron chi connectivity index (χ0n) is 18.1. The fraction of sp³-hybridized carbons (Fsp3) is 0.240. The van der Waals surface area contributed by atoms with Crippen molar-refractivity contribution in [2.75, 3.05) is 20.8 Å². The summed E-state index contributed by atoms with van der Waals surface area (Å²) in [4.78, 5) is 12.1. The van der Waals surface area contributed by atoms with Crippen molar-refractivity contribution in [3.8, 4) is 17.2 Å².